The number of nitrogens with zero attached hydrogens (tertiary/aromatic N) is 3. The summed E-state index contributed by atoms with van der Waals surface area (Å²) in [4.78, 5) is 23.5. The maximum absolute atomic E-state index is 13.4. The van der Waals surface area contributed by atoms with Gasteiger partial charge in [-0.1, -0.05) is 12.1 Å². The van der Waals surface area contributed by atoms with E-state index in [1.54, 1.807) is 41.8 Å². The maximum Gasteiger partial charge on any atom is 0.526 e. The number of benzene rings is 2. The van der Waals surface area contributed by atoms with E-state index in [1.807, 2.05) is 57.2 Å². The maximum atomic E-state index is 13.4. The van der Waals surface area contributed by atoms with E-state index in [0.29, 0.717) is 11.3 Å². The molecular formula is C28H25BBrN3O5. The smallest absolute Gasteiger partial charge is 0.465 e. The van der Waals surface area contributed by atoms with Gasteiger partial charge in [-0.05, 0) is 95.2 Å². The van der Waals surface area contributed by atoms with Crippen LogP contribution < -0.4 is 10.6 Å². The van der Waals surface area contributed by atoms with Crippen LogP contribution in [0, 0.1) is 0 Å². The topological polar surface area (TPSA) is 109 Å². The molecule has 0 atom stereocenters. The van der Waals surface area contributed by atoms with Gasteiger partial charge in [0.1, 0.15) is 16.8 Å². The highest BCUT2D eigenvalue weighted by atomic mass is 79.9. The third kappa shape index (κ3) is 5.43. The van der Waals surface area contributed by atoms with Crippen LogP contribution in [0.3, 0.4) is 0 Å². The second-order valence-corrected chi connectivity index (χ2v) is 10.8. The third-order valence-corrected chi connectivity index (χ3v) is 6.57. The first-order chi connectivity index (χ1) is 18.1. The second-order valence-electron chi connectivity index (χ2n) is 9.90. The van der Waals surface area contributed by atoms with Crippen molar-refractivity contribution in [2.45, 2.75) is 32.9 Å². The number of furan rings is 1. The molecule has 0 radical (unpaired) electrons. The van der Waals surface area contributed by atoms with Gasteiger partial charge in [0.25, 0.3) is 0 Å². The molecule has 5 aromatic rings. The molecule has 0 saturated carbocycles. The largest absolute Gasteiger partial charge is 0.526 e. The molecule has 5 rings (SSSR count). The molecule has 2 N–H and O–H groups in total. The highest BCUT2D eigenvalue weighted by Gasteiger charge is 2.25. The summed E-state index contributed by atoms with van der Waals surface area (Å²) in [5.74, 6) is 0. The monoisotopic (exact) mass is 573 g/mol. The van der Waals surface area contributed by atoms with E-state index in [0.717, 1.165) is 37.3 Å². The summed E-state index contributed by atoms with van der Waals surface area (Å²) in [6, 6.07) is 14.9. The SMILES string of the molecule is CC(C)(C)OC(=O)N(Cc1cc2c(Br)cncc2cc1-c1ccc2cc(B(O)O)oc2c1)c1cccnc1. The summed E-state index contributed by atoms with van der Waals surface area (Å²) in [5, 5.41) is 21.7. The predicted molar refractivity (Wildman–Crippen MR) is 151 cm³/mol. The number of fused-ring (bicyclic) bond motifs is 2. The van der Waals surface area contributed by atoms with Gasteiger partial charge in [-0.2, -0.15) is 0 Å². The Balaban J connectivity index is 1.67. The third-order valence-electron chi connectivity index (χ3n) is 5.94. The van der Waals surface area contributed by atoms with Crippen molar-refractivity contribution in [1.82, 2.24) is 9.97 Å². The first-order valence-electron chi connectivity index (χ1n) is 12.0. The molecule has 192 valence electrons. The number of hydrogen-bond acceptors (Lipinski definition) is 7. The molecule has 0 aliphatic heterocycles. The Labute approximate surface area is 228 Å². The van der Waals surface area contributed by atoms with E-state index in [1.165, 1.54) is 0 Å². The second kappa shape index (κ2) is 10.2. The quantitative estimate of drug-likeness (QED) is 0.270. The summed E-state index contributed by atoms with van der Waals surface area (Å²) in [6.45, 7) is 5.69. The van der Waals surface area contributed by atoms with Gasteiger partial charge in [0.05, 0.1) is 18.4 Å². The van der Waals surface area contributed by atoms with E-state index in [2.05, 4.69) is 25.9 Å². The van der Waals surface area contributed by atoms with E-state index < -0.39 is 18.8 Å². The Morgan fingerprint density at radius 2 is 1.87 bits per heavy atom. The van der Waals surface area contributed by atoms with Crippen molar-refractivity contribution in [1.29, 1.82) is 0 Å². The molecule has 0 fully saturated rings. The number of hydrogen-bond donors (Lipinski definition) is 2. The zero-order valence-electron chi connectivity index (χ0n) is 21.1. The van der Waals surface area contributed by atoms with E-state index in [-0.39, 0.29) is 12.2 Å². The van der Waals surface area contributed by atoms with Gasteiger partial charge in [0.15, 0.2) is 0 Å². The molecule has 3 heterocycles. The summed E-state index contributed by atoms with van der Waals surface area (Å²) < 4.78 is 12.2. The Morgan fingerprint density at radius 1 is 1.05 bits per heavy atom. The summed E-state index contributed by atoms with van der Waals surface area (Å²) in [5.41, 5.74) is 3.05. The van der Waals surface area contributed by atoms with Crippen molar-refractivity contribution in [3.63, 3.8) is 0 Å². The van der Waals surface area contributed by atoms with Crippen molar-refractivity contribution in [2.24, 2.45) is 0 Å². The van der Waals surface area contributed by atoms with Crippen LogP contribution in [0.5, 0.6) is 0 Å². The Kier molecular flexibility index (Phi) is 6.96. The number of carbonyl (C=O) groups excluding carboxylic acids is 1. The van der Waals surface area contributed by atoms with Crippen molar-refractivity contribution >= 4 is 62.2 Å². The number of ether oxygens (including phenoxy) is 1. The van der Waals surface area contributed by atoms with Crippen LogP contribution >= 0.6 is 15.9 Å². The lowest BCUT2D eigenvalue weighted by Crippen LogP contribution is -2.36. The molecule has 10 heteroatoms. The molecule has 0 aliphatic carbocycles. The molecule has 0 bridgehead atoms. The summed E-state index contributed by atoms with van der Waals surface area (Å²) in [6.07, 6.45) is 6.30. The lowest BCUT2D eigenvalue weighted by molar-refractivity contribution is 0.0577. The minimum absolute atomic E-state index is 0.0664. The van der Waals surface area contributed by atoms with E-state index in [9.17, 15) is 14.8 Å². The van der Waals surface area contributed by atoms with Crippen molar-refractivity contribution < 1.29 is 24.0 Å². The van der Waals surface area contributed by atoms with Crippen molar-refractivity contribution in [2.75, 3.05) is 4.90 Å². The van der Waals surface area contributed by atoms with E-state index >= 15 is 0 Å². The predicted octanol–water partition coefficient (Wildman–Crippen LogP) is 5.43. The van der Waals surface area contributed by atoms with E-state index in [4.69, 9.17) is 9.15 Å². The number of halogens is 1. The lowest BCUT2D eigenvalue weighted by Gasteiger charge is -2.28. The average Bonchev–Trinajstić information content (AvgIpc) is 3.31. The normalized spacial score (nSPS) is 11.6. The minimum Gasteiger partial charge on any atom is -0.465 e. The molecule has 38 heavy (non-hydrogen) atoms. The highest BCUT2D eigenvalue weighted by molar-refractivity contribution is 9.10. The average molecular weight is 574 g/mol. The van der Waals surface area contributed by atoms with Gasteiger partial charge < -0.3 is 19.2 Å². The lowest BCUT2D eigenvalue weighted by atomic mass is 9.88. The summed E-state index contributed by atoms with van der Waals surface area (Å²) >= 11 is 3.60. The molecule has 2 aromatic carbocycles. The van der Waals surface area contributed by atoms with Crippen molar-refractivity contribution in [3.05, 3.63) is 83.4 Å². The molecule has 0 unspecified atom stereocenters. The highest BCUT2D eigenvalue weighted by Crippen LogP contribution is 2.35. The number of anilines is 1. The minimum atomic E-state index is -1.70. The first kappa shape index (κ1) is 25.9. The fraction of sp³-hybridized carbons (Fsp3) is 0.179. The summed E-state index contributed by atoms with van der Waals surface area (Å²) in [7, 11) is -1.70. The number of pyridine rings is 2. The molecule has 0 aliphatic rings. The van der Waals surface area contributed by atoms with Crippen LogP contribution in [0.2, 0.25) is 0 Å². The Bertz CT molecular complexity index is 1630. The van der Waals surface area contributed by atoms with Gasteiger partial charge in [0.2, 0.25) is 0 Å². The number of amides is 1. The molecule has 8 nitrogen and oxygen atoms in total. The van der Waals surface area contributed by atoms with Crippen LogP contribution in [0.1, 0.15) is 26.3 Å². The Morgan fingerprint density at radius 3 is 2.58 bits per heavy atom. The zero-order valence-corrected chi connectivity index (χ0v) is 22.6. The van der Waals surface area contributed by atoms with Gasteiger partial charge in [-0.25, -0.2) is 4.79 Å². The fourth-order valence-corrected chi connectivity index (χ4v) is 4.70. The molecule has 3 aromatic heterocycles. The Hall–Kier alpha value is -3.73. The van der Waals surface area contributed by atoms with Crippen LogP contribution in [-0.4, -0.2) is 38.8 Å². The number of aromatic nitrogens is 2. The number of rotatable bonds is 5. The van der Waals surface area contributed by atoms with Gasteiger partial charge >= 0.3 is 13.2 Å². The molecular weight excluding hydrogens is 549 g/mol. The molecule has 1 amide bonds. The standard InChI is InChI=1S/C28H25BBrN3O5/c1-28(2,3)38-27(34)33(21-5-4-8-31-14-21)16-20-10-23-19(13-32-15-24(23)30)9-22(20)17-6-7-18-12-26(29(35)36)37-25(18)11-17/h4-15,35-36H,16H2,1-3H3. The fourth-order valence-electron chi connectivity index (χ4n) is 4.24. The van der Waals surface area contributed by atoms with Crippen LogP contribution in [0.15, 0.2) is 82.2 Å². The number of carbonyl (C=O) groups is 1. The molecule has 0 spiro atoms. The molecule has 0 saturated heterocycles. The van der Waals surface area contributed by atoms with Gasteiger partial charge in [0, 0.05) is 33.8 Å². The van der Waals surface area contributed by atoms with Crippen LogP contribution in [-0.2, 0) is 11.3 Å². The van der Waals surface area contributed by atoms with Crippen LogP contribution in [0.4, 0.5) is 10.5 Å². The first-order valence-corrected chi connectivity index (χ1v) is 12.7. The van der Waals surface area contributed by atoms with Crippen LogP contribution in [0.25, 0.3) is 32.9 Å². The zero-order chi connectivity index (χ0) is 27.0. The van der Waals surface area contributed by atoms with Gasteiger partial charge in [-0.3, -0.25) is 14.9 Å². The van der Waals surface area contributed by atoms with Crippen molar-refractivity contribution in [3.8, 4) is 11.1 Å². The van der Waals surface area contributed by atoms with Gasteiger partial charge in [-0.15, -0.1) is 0 Å².